The summed E-state index contributed by atoms with van der Waals surface area (Å²) in [6, 6.07) is 12.7. The second-order valence-corrected chi connectivity index (χ2v) is 5.67. The second kappa shape index (κ2) is 6.83. The van der Waals surface area contributed by atoms with Crippen LogP contribution in [-0.2, 0) is 6.54 Å². The highest BCUT2D eigenvalue weighted by atomic mass is 35.5. The van der Waals surface area contributed by atoms with Gasteiger partial charge in [0.05, 0.1) is 11.7 Å². The zero-order chi connectivity index (χ0) is 15.4. The van der Waals surface area contributed by atoms with Gasteiger partial charge in [-0.2, -0.15) is 0 Å². The lowest BCUT2D eigenvalue weighted by Crippen LogP contribution is -2.35. The predicted molar refractivity (Wildman–Crippen MR) is 85.7 cm³/mol. The Morgan fingerprint density at radius 3 is 2.52 bits per heavy atom. The number of aromatic nitrogens is 1. The second-order valence-electron chi connectivity index (χ2n) is 5.23. The smallest absolute Gasteiger partial charge is 0.179 e. The molecule has 1 heterocycles. The van der Waals surface area contributed by atoms with Crippen molar-refractivity contribution in [2.45, 2.75) is 26.4 Å². The Labute approximate surface area is 130 Å². The first-order chi connectivity index (χ1) is 9.97. The fourth-order valence-corrected chi connectivity index (χ4v) is 2.26. The lowest BCUT2D eigenvalue weighted by atomic mass is 10.0. The number of ketones is 1. The zero-order valence-electron chi connectivity index (χ0n) is 12.5. The van der Waals surface area contributed by atoms with E-state index in [1.54, 1.807) is 24.3 Å². The Hall–Kier alpha value is -1.71. The van der Waals surface area contributed by atoms with Gasteiger partial charge in [0.15, 0.2) is 5.78 Å². The molecule has 0 N–H and O–H groups in total. The van der Waals surface area contributed by atoms with E-state index in [0.717, 1.165) is 11.4 Å². The van der Waals surface area contributed by atoms with Crippen molar-refractivity contribution >= 4 is 17.4 Å². The van der Waals surface area contributed by atoms with Crippen LogP contribution in [0.4, 0.5) is 0 Å². The van der Waals surface area contributed by atoms with E-state index in [4.69, 9.17) is 11.6 Å². The van der Waals surface area contributed by atoms with Gasteiger partial charge in [-0.1, -0.05) is 17.7 Å². The molecule has 1 aromatic carbocycles. The summed E-state index contributed by atoms with van der Waals surface area (Å²) in [6.07, 6.45) is 0. The molecule has 1 atom stereocenters. The molecule has 110 valence electrons. The summed E-state index contributed by atoms with van der Waals surface area (Å²) in [7, 11) is 1.93. The Morgan fingerprint density at radius 2 is 1.90 bits per heavy atom. The Bertz CT molecular complexity index is 625. The van der Waals surface area contributed by atoms with Crippen molar-refractivity contribution in [3.63, 3.8) is 0 Å². The number of carbonyl (C=O) groups is 1. The summed E-state index contributed by atoms with van der Waals surface area (Å²) >= 11 is 5.85. The van der Waals surface area contributed by atoms with Crippen molar-refractivity contribution in [3.8, 4) is 0 Å². The summed E-state index contributed by atoms with van der Waals surface area (Å²) in [5.41, 5.74) is 2.63. The molecule has 0 amide bonds. The van der Waals surface area contributed by atoms with Crippen LogP contribution in [0.3, 0.4) is 0 Å². The van der Waals surface area contributed by atoms with Gasteiger partial charge in [0.25, 0.3) is 0 Å². The number of aryl methyl sites for hydroxylation is 1. The molecule has 2 aromatic rings. The van der Waals surface area contributed by atoms with Crippen molar-refractivity contribution in [1.29, 1.82) is 0 Å². The molecule has 0 fully saturated rings. The molecule has 1 aromatic heterocycles. The van der Waals surface area contributed by atoms with Gasteiger partial charge in [-0.3, -0.25) is 14.7 Å². The van der Waals surface area contributed by atoms with Crippen LogP contribution in [0, 0.1) is 6.92 Å². The van der Waals surface area contributed by atoms with Crippen molar-refractivity contribution in [1.82, 2.24) is 9.88 Å². The van der Waals surface area contributed by atoms with Crippen LogP contribution < -0.4 is 0 Å². The molecule has 0 saturated carbocycles. The molecule has 0 spiro atoms. The first kappa shape index (κ1) is 15.7. The number of halogens is 1. The standard InChI is InChI=1S/C17H19ClN2O/c1-12-5-4-6-16(19-12)11-20(3)13(2)17(21)14-7-9-15(18)10-8-14/h4-10,13H,11H2,1-3H3. The third kappa shape index (κ3) is 4.13. The van der Waals surface area contributed by atoms with E-state index in [-0.39, 0.29) is 11.8 Å². The minimum Gasteiger partial charge on any atom is -0.292 e. The quantitative estimate of drug-likeness (QED) is 0.789. The number of hydrogen-bond acceptors (Lipinski definition) is 3. The van der Waals surface area contributed by atoms with Crippen LogP contribution in [0.25, 0.3) is 0 Å². The summed E-state index contributed by atoms with van der Waals surface area (Å²) < 4.78 is 0. The summed E-state index contributed by atoms with van der Waals surface area (Å²) in [4.78, 5) is 18.9. The molecule has 1 unspecified atom stereocenters. The van der Waals surface area contributed by atoms with Gasteiger partial charge in [0, 0.05) is 22.8 Å². The number of hydrogen-bond donors (Lipinski definition) is 0. The molecule has 21 heavy (non-hydrogen) atoms. The van der Waals surface area contributed by atoms with Gasteiger partial charge in [0.2, 0.25) is 0 Å². The van der Waals surface area contributed by atoms with Crippen molar-refractivity contribution < 1.29 is 4.79 Å². The van der Waals surface area contributed by atoms with Gasteiger partial charge in [-0.25, -0.2) is 0 Å². The largest absolute Gasteiger partial charge is 0.292 e. The fourth-order valence-electron chi connectivity index (χ4n) is 2.14. The normalized spacial score (nSPS) is 12.4. The predicted octanol–water partition coefficient (Wildman–Crippen LogP) is 3.75. The molecule has 3 nitrogen and oxygen atoms in total. The number of carbonyl (C=O) groups excluding carboxylic acids is 1. The van der Waals surface area contributed by atoms with Crippen molar-refractivity contribution in [3.05, 3.63) is 64.4 Å². The molecular weight excluding hydrogens is 284 g/mol. The van der Waals surface area contributed by atoms with E-state index >= 15 is 0 Å². The van der Waals surface area contributed by atoms with Crippen LogP contribution in [0.2, 0.25) is 5.02 Å². The average molecular weight is 303 g/mol. The van der Waals surface area contributed by atoms with E-state index in [1.165, 1.54) is 0 Å². The maximum atomic E-state index is 12.4. The molecule has 0 bridgehead atoms. The van der Waals surface area contributed by atoms with Crippen molar-refractivity contribution in [2.75, 3.05) is 7.05 Å². The number of pyridine rings is 1. The molecule has 0 aliphatic carbocycles. The molecular formula is C17H19ClN2O. The van der Waals surface area contributed by atoms with Crippen LogP contribution >= 0.6 is 11.6 Å². The van der Waals surface area contributed by atoms with Gasteiger partial charge < -0.3 is 0 Å². The van der Waals surface area contributed by atoms with Gasteiger partial charge in [0.1, 0.15) is 0 Å². The SMILES string of the molecule is Cc1cccc(CN(C)C(C)C(=O)c2ccc(Cl)cc2)n1. The van der Waals surface area contributed by atoms with Gasteiger partial charge >= 0.3 is 0 Å². The van der Waals surface area contributed by atoms with E-state index in [2.05, 4.69) is 4.98 Å². The minimum absolute atomic E-state index is 0.0850. The maximum Gasteiger partial charge on any atom is 0.179 e. The third-order valence-electron chi connectivity index (χ3n) is 3.53. The fraction of sp³-hybridized carbons (Fsp3) is 0.294. The molecule has 0 radical (unpaired) electrons. The Kier molecular flexibility index (Phi) is 5.10. The Balaban J connectivity index is 2.06. The lowest BCUT2D eigenvalue weighted by molar-refractivity contribution is 0.0861. The summed E-state index contributed by atoms with van der Waals surface area (Å²) in [5, 5.41) is 0.636. The lowest BCUT2D eigenvalue weighted by Gasteiger charge is -2.23. The first-order valence-corrected chi connectivity index (χ1v) is 7.27. The molecule has 0 aliphatic heterocycles. The van der Waals surface area contributed by atoms with E-state index in [1.807, 2.05) is 44.0 Å². The van der Waals surface area contributed by atoms with E-state index in [0.29, 0.717) is 17.1 Å². The van der Waals surface area contributed by atoms with Crippen LogP contribution in [-0.4, -0.2) is 28.8 Å². The summed E-state index contributed by atoms with van der Waals surface area (Å²) in [6.45, 7) is 4.51. The highest BCUT2D eigenvalue weighted by Crippen LogP contribution is 2.14. The van der Waals surface area contributed by atoms with E-state index in [9.17, 15) is 4.79 Å². The van der Waals surface area contributed by atoms with Gasteiger partial charge in [-0.15, -0.1) is 0 Å². The minimum atomic E-state index is -0.214. The number of likely N-dealkylation sites (N-methyl/N-ethyl adjacent to an activating group) is 1. The van der Waals surface area contributed by atoms with Crippen LogP contribution in [0.5, 0.6) is 0 Å². The van der Waals surface area contributed by atoms with Gasteiger partial charge in [-0.05, 0) is 57.3 Å². The topological polar surface area (TPSA) is 33.2 Å². The maximum absolute atomic E-state index is 12.4. The third-order valence-corrected chi connectivity index (χ3v) is 3.78. The number of benzene rings is 1. The number of rotatable bonds is 5. The summed E-state index contributed by atoms with van der Waals surface area (Å²) in [5.74, 6) is 0.0850. The number of Topliss-reactive ketones (excluding diaryl/α,β-unsaturated/α-hetero) is 1. The molecule has 0 saturated heterocycles. The van der Waals surface area contributed by atoms with E-state index < -0.39 is 0 Å². The van der Waals surface area contributed by atoms with Crippen LogP contribution in [0.15, 0.2) is 42.5 Å². The zero-order valence-corrected chi connectivity index (χ0v) is 13.3. The van der Waals surface area contributed by atoms with Crippen molar-refractivity contribution in [2.24, 2.45) is 0 Å². The highest BCUT2D eigenvalue weighted by Gasteiger charge is 2.20. The molecule has 0 aliphatic rings. The first-order valence-electron chi connectivity index (χ1n) is 6.90. The molecule has 4 heteroatoms. The Morgan fingerprint density at radius 1 is 1.24 bits per heavy atom. The number of nitrogens with zero attached hydrogens (tertiary/aromatic N) is 2. The monoisotopic (exact) mass is 302 g/mol. The average Bonchev–Trinajstić information content (AvgIpc) is 2.46. The molecule has 2 rings (SSSR count). The van der Waals surface area contributed by atoms with Crippen LogP contribution in [0.1, 0.15) is 28.7 Å². The highest BCUT2D eigenvalue weighted by molar-refractivity contribution is 6.30.